The van der Waals surface area contributed by atoms with Crippen LogP contribution in [0.1, 0.15) is 20.3 Å². The van der Waals surface area contributed by atoms with Gasteiger partial charge in [-0.3, -0.25) is 4.90 Å². The molecule has 7 heteroatoms. The summed E-state index contributed by atoms with van der Waals surface area (Å²) in [6.07, 6.45) is 0.953. The number of benzene rings is 1. The molecule has 1 heterocycles. The Balaban J connectivity index is 2.09. The highest BCUT2D eigenvalue weighted by Crippen LogP contribution is 2.24. The average Bonchev–Trinajstić information content (AvgIpc) is 2.50. The molecular weight excluding hydrogens is 336 g/mol. The minimum Gasteiger partial charge on any atom is -0.385 e. The number of piperazine rings is 1. The summed E-state index contributed by atoms with van der Waals surface area (Å²) in [6.45, 7) is 6.80. The van der Waals surface area contributed by atoms with Gasteiger partial charge >= 0.3 is 0 Å². The van der Waals surface area contributed by atoms with Crippen LogP contribution in [-0.4, -0.2) is 63.1 Å². The van der Waals surface area contributed by atoms with Crippen molar-refractivity contribution in [2.75, 3.05) is 33.4 Å². The van der Waals surface area contributed by atoms with Gasteiger partial charge in [0, 0.05) is 50.5 Å². The van der Waals surface area contributed by atoms with Crippen LogP contribution in [0.2, 0.25) is 5.02 Å². The van der Waals surface area contributed by atoms with Crippen LogP contribution in [0.5, 0.6) is 0 Å². The molecule has 1 aromatic carbocycles. The van der Waals surface area contributed by atoms with E-state index in [0.717, 1.165) is 19.6 Å². The Morgan fingerprint density at radius 1 is 1.17 bits per heavy atom. The van der Waals surface area contributed by atoms with E-state index < -0.39 is 10.0 Å². The van der Waals surface area contributed by atoms with E-state index in [1.165, 1.54) is 0 Å². The average molecular weight is 361 g/mol. The largest absolute Gasteiger partial charge is 0.385 e. The first-order valence-electron chi connectivity index (χ1n) is 7.86. The molecule has 2 unspecified atom stereocenters. The summed E-state index contributed by atoms with van der Waals surface area (Å²) in [7, 11) is -1.77. The minimum atomic E-state index is -3.47. The number of hydrogen-bond donors (Lipinski definition) is 0. The van der Waals surface area contributed by atoms with E-state index in [4.69, 9.17) is 16.3 Å². The van der Waals surface area contributed by atoms with Gasteiger partial charge in [-0.2, -0.15) is 4.31 Å². The Labute approximate surface area is 144 Å². The summed E-state index contributed by atoms with van der Waals surface area (Å²) in [5, 5.41) is 0.536. The van der Waals surface area contributed by atoms with Gasteiger partial charge in [-0.1, -0.05) is 11.6 Å². The summed E-state index contributed by atoms with van der Waals surface area (Å²) in [5.74, 6) is 0. The van der Waals surface area contributed by atoms with Gasteiger partial charge in [-0.25, -0.2) is 8.42 Å². The third-order valence-electron chi connectivity index (χ3n) is 4.28. The van der Waals surface area contributed by atoms with Gasteiger partial charge in [0.2, 0.25) is 10.0 Å². The van der Waals surface area contributed by atoms with Crippen LogP contribution in [0.3, 0.4) is 0 Å². The van der Waals surface area contributed by atoms with Crippen LogP contribution < -0.4 is 0 Å². The first-order valence-corrected chi connectivity index (χ1v) is 9.68. The van der Waals surface area contributed by atoms with Crippen molar-refractivity contribution in [2.45, 2.75) is 37.2 Å². The minimum absolute atomic E-state index is 0.178. The first kappa shape index (κ1) is 18.7. The summed E-state index contributed by atoms with van der Waals surface area (Å²) in [5.41, 5.74) is 0. The Hall–Kier alpha value is -0.660. The van der Waals surface area contributed by atoms with Crippen LogP contribution in [0, 0.1) is 0 Å². The molecule has 1 saturated heterocycles. The van der Waals surface area contributed by atoms with Crippen molar-refractivity contribution in [3.05, 3.63) is 29.3 Å². The molecule has 2 rings (SSSR count). The van der Waals surface area contributed by atoms with Crippen molar-refractivity contribution >= 4 is 21.6 Å². The standard InChI is InChI=1S/C16H25ClN2O3S/c1-13-11-18(12-14(2)19(13)9-4-10-22-3)23(20,21)16-7-5-15(17)6-8-16/h5-8,13-14H,4,9-12H2,1-3H3. The van der Waals surface area contributed by atoms with Crippen molar-refractivity contribution in [3.63, 3.8) is 0 Å². The van der Waals surface area contributed by atoms with Crippen molar-refractivity contribution < 1.29 is 13.2 Å². The molecule has 2 atom stereocenters. The fourth-order valence-electron chi connectivity index (χ4n) is 3.09. The zero-order valence-corrected chi connectivity index (χ0v) is 15.5. The SMILES string of the molecule is COCCCN1C(C)CN(S(=O)(=O)c2ccc(Cl)cc2)CC1C. The van der Waals surface area contributed by atoms with Gasteiger partial charge in [-0.05, 0) is 44.5 Å². The maximum Gasteiger partial charge on any atom is 0.243 e. The van der Waals surface area contributed by atoms with Crippen LogP contribution in [0.15, 0.2) is 29.2 Å². The summed E-state index contributed by atoms with van der Waals surface area (Å²) >= 11 is 5.85. The number of methoxy groups -OCH3 is 1. The quantitative estimate of drug-likeness (QED) is 0.731. The number of halogens is 1. The lowest BCUT2D eigenvalue weighted by molar-refractivity contribution is 0.0666. The van der Waals surface area contributed by atoms with Gasteiger partial charge in [0.05, 0.1) is 4.90 Å². The Bertz CT molecular complexity index is 594. The molecule has 1 aromatic rings. The molecule has 0 N–H and O–H groups in total. The maximum atomic E-state index is 12.8. The van der Waals surface area contributed by atoms with E-state index in [1.54, 1.807) is 35.7 Å². The molecule has 0 aliphatic carbocycles. The molecule has 5 nitrogen and oxygen atoms in total. The number of nitrogens with zero attached hydrogens (tertiary/aromatic N) is 2. The predicted octanol–water partition coefficient (Wildman–Crippen LogP) is 2.46. The lowest BCUT2D eigenvalue weighted by atomic mass is 10.1. The molecule has 130 valence electrons. The second kappa shape index (κ2) is 7.94. The predicted molar refractivity (Wildman–Crippen MR) is 92.3 cm³/mol. The van der Waals surface area contributed by atoms with E-state index in [-0.39, 0.29) is 12.1 Å². The van der Waals surface area contributed by atoms with Gasteiger partial charge in [0.1, 0.15) is 0 Å². The Morgan fingerprint density at radius 3 is 2.26 bits per heavy atom. The highest BCUT2D eigenvalue weighted by atomic mass is 35.5. The normalized spacial score (nSPS) is 24.0. The lowest BCUT2D eigenvalue weighted by Gasteiger charge is -2.43. The van der Waals surface area contributed by atoms with Crippen LogP contribution >= 0.6 is 11.6 Å². The topological polar surface area (TPSA) is 49.9 Å². The van der Waals surface area contributed by atoms with Crippen molar-refractivity contribution in [2.24, 2.45) is 0 Å². The molecular formula is C16H25ClN2O3S. The van der Waals surface area contributed by atoms with Gasteiger partial charge < -0.3 is 4.74 Å². The van der Waals surface area contributed by atoms with Crippen molar-refractivity contribution in [1.29, 1.82) is 0 Å². The lowest BCUT2D eigenvalue weighted by Crippen LogP contribution is -2.58. The van der Waals surface area contributed by atoms with Crippen LogP contribution in [0.25, 0.3) is 0 Å². The number of sulfonamides is 1. The van der Waals surface area contributed by atoms with Crippen LogP contribution in [-0.2, 0) is 14.8 Å². The zero-order chi connectivity index (χ0) is 17.0. The smallest absolute Gasteiger partial charge is 0.243 e. The maximum absolute atomic E-state index is 12.8. The fraction of sp³-hybridized carbons (Fsp3) is 0.625. The number of ether oxygens (including phenoxy) is 1. The Morgan fingerprint density at radius 2 is 1.74 bits per heavy atom. The summed E-state index contributed by atoms with van der Waals surface area (Å²) in [6, 6.07) is 6.72. The highest BCUT2D eigenvalue weighted by molar-refractivity contribution is 7.89. The van der Waals surface area contributed by atoms with E-state index in [1.807, 2.05) is 0 Å². The fourth-order valence-corrected chi connectivity index (χ4v) is 4.82. The molecule has 1 aliphatic heterocycles. The zero-order valence-electron chi connectivity index (χ0n) is 13.9. The van der Waals surface area contributed by atoms with E-state index >= 15 is 0 Å². The molecule has 0 amide bonds. The van der Waals surface area contributed by atoms with Crippen LogP contribution in [0.4, 0.5) is 0 Å². The highest BCUT2D eigenvalue weighted by Gasteiger charge is 2.35. The van der Waals surface area contributed by atoms with Gasteiger partial charge in [0.25, 0.3) is 0 Å². The molecule has 1 fully saturated rings. The summed E-state index contributed by atoms with van der Waals surface area (Å²) in [4.78, 5) is 2.65. The van der Waals surface area contributed by atoms with Gasteiger partial charge in [0.15, 0.2) is 0 Å². The number of rotatable bonds is 6. The molecule has 0 aromatic heterocycles. The third-order valence-corrected chi connectivity index (χ3v) is 6.38. The van der Waals surface area contributed by atoms with E-state index in [0.29, 0.717) is 23.0 Å². The molecule has 0 spiro atoms. The Kier molecular flexibility index (Phi) is 6.45. The molecule has 1 aliphatic rings. The second-order valence-corrected chi connectivity index (χ2v) is 8.43. The molecule has 0 bridgehead atoms. The van der Waals surface area contributed by atoms with E-state index in [2.05, 4.69) is 18.7 Å². The third kappa shape index (κ3) is 4.45. The molecule has 23 heavy (non-hydrogen) atoms. The van der Waals surface area contributed by atoms with E-state index in [9.17, 15) is 8.42 Å². The monoisotopic (exact) mass is 360 g/mol. The first-order chi connectivity index (χ1) is 10.9. The second-order valence-electron chi connectivity index (χ2n) is 6.06. The number of hydrogen-bond acceptors (Lipinski definition) is 4. The van der Waals surface area contributed by atoms with Gasteiger partial charge in [-0.15, -0.1) is 0 Å². The summed E-state index contributed by atoms with van der Waals surface area (Å²) < 4.78 is 32.3. The van der Waals surface area contributed by atoms with Crippen molar-refractivity contribution in [3.8, 4) is 0 Å². The molecule has 0 saturated carbocycles. The van der Waals surface area contributed by atoms with Crippen molar-refractivity contribution in [1.82, 2.24) is 9.21 Å². The molecule has 0 radical (unpaired) electrons.